The van der Waals surface area contributed by atoms with E-state index < -0.39 is 35.8 Å². The molecular formula is C6H9CrK3O15. The molecule has 0 radical (unpaired) electrons. The molecule has 9 N–H and O–H groups in total. The van der Waals surface area contributed by atoms with Gasteiger partial charge in [0.25, 0.3) is 0 Å². The van der Waals surface area contributed by atoms with Gasteiger partial charge in [-0.05, 0) is 0 Å². The number of carboxylic acid groups (broad SMARTS) is 6. The third kappa shape index (κ3) is 76.2. The van der Waals surface area contributed by atoms with Crippen LogP contribution in [-0.4, -0.2) is 67.6 Å². The summed E-state index contributed by atoms with van der Waals surface area (Å²) in [4.78, 5) is 54.1. The summed E-state index contributed by atoms with van der Waals surface area (Å²) >= 11 is 0. The van der Waals surface area contributed by atoms with Gasteiger partial charge >= 0.3 is 172 Å². The first-order valence-electron chi connectivity index (χ1n) is 3.26. The van der Waals surface area contributed by atoms with Crippen LogP contribution in [0.2, 0.25) is 0 Å². The van der Waals surface area contributed by atoms with Crippen molar-refractivity contribution >= 4 is 35.8 Å². The fourth-order valence-electron chi connectivity index (χ4n) is 0. The molecule has 19 heteroatoms. The van der Waals surface area contributed by atoms with Gasteiger partial charge in [-0.2, -0.15) is 0 Å². The normalized spacial score (nSPS) is 5.28. The van der Waals surface area contributed by atoms with Crippen LogP contribution in [0.1, 0.15) is 0 Å². The second-order valence-electron chi connectivity index (χ2n) is 1.78. The zero-order valence-electron chi connectivity index (χ0n) is 12.9. The molecule has 0 aromatic heterocycles. The van der Waals surface area contributed by atoms with E-state index in [1.165, 1.54) is 0 Å². The summed E-state index contributed by atoms with van der Waals surface area (Å²) in [5, 5.41) is 49.0. The summed E-state index contributed by atoms with van der Waals surface area (Å²) in [6.07, 6.45) is 0. The first kappa shape index (κ1) is 63.1. The molecular weight excluding hydrogens is 481 g/mol. The third-order valence-electron chi connectivity index (χ3n) is 0.524. The van der Waals surface area contributed by atoms with Gasteiger partial charge in [0.05, 0.1) is 0 Å². The van der Waals surface area contributed by atoms with E-state index in [1.54, 1.807) is 0 Å². The Balaban J connectivity index is -0.0000000148. The van der Waals surface area contributed by atoms with Crippen molar-refractivity contribution in [3.8, 4) is 0 Å². The van der Waals surface area contributed by atoms with Gasteiger partial charge in [-0.25, -0.2) is 14.4 Å². The number of carbonyl (C=O) groups excluding carboxylic acids is 3. The van der Waals surface area contributed by atoms with Crippen LogP contribution in [0.15, 0.2) is 0 Å². The molecule has 0 bridgehead atoms. The summed E-state index contributed by atoms with van der Waals surface area (Å²) in [7, 11) is 0. The van der Waals surface area contributed by atoms with Gasteiger partial charge in [0.15, 0.2) is 17.9 Å². The van der Waals surface area contributed by atoms with Crippen LogP contribution in [0.5, 0.6) is 0 Å². The summed E-state index contributed by atoms with van der Waals surface area (Å²) < 4.78 is 0. The van der Waals surface area contributed by atoms with Gasteiger partial charge < -0.3 is 61.5 Å². The zero-order valence-corrected chi connectivity index (χ0v) is 23.6. The molecule has 0 heterocycles. The van der Waals surface area contributed by atoms with Crippen LogP contribution >= 0.6 is 0 Å². The van der Waals surface area contributed by atoms with Crippen LogP contribution in [0, 0.1) is 0 Å². The molecule has 0 aromatic rings. The molecule has 0 atom stereocenters. The Kier molecular flexibility index (Phi) is 103. The molecule has 0 aliphatic heterocycles. The van der Waals surface area contributed by atoms with Gasteiger partial charge in [-0.15, -0.1) is 0 Å². The maximum absolute atomic E-state index is 9.04. The van der Waals surface area contributed by atoms with Gasteiger partial charge in [0, 0.05) is 17.4 Å². The van der Waals surface area contributed by atoms with E-state index >= 15 is 0 Å². The van der Waals surface area contributed by atoms with Crippen LogP contribution in [-0.2, 0) is 46.1 Å². The molecule has 132 valence electrons. The molecule has 25 heavy (non-hydrogen) atoms. The SMILES string of the molecule is O.O.O.O=C([O-])C(=O)O.O=C([O-])C(=O)O.O=C([O-])C(=O)O.[Cr].[K+].[K+].[K+]. The van der Waals surface area contributed by atoms with Crippen molar-refractivity contribution in [2.24, 2.45) is 0 Å². The van der Waals surface area contributed by atoms with E-state index in [2.05, 4.69) is 0 Å². The maximum atomic E-state index is 9.04. The molecule has 0 amide bonds. The molecule has 0 aromatic carbocycles. The molecule has 0 saturated carbocycles. The fraction of sp³-hybridized carbons (Fsp3) is 0. The minimum atomic E-state index is -2.07. The largest absolute Gasteiger partial charge is 1.00 e. The number of carboxylic acids is 6. The maximum Gasteiger partial charge on any atom is 1.00 e. The average Bonchev–Trinajstić information content (AvgIpc) is 2.18. The topological polar surface area (TPSA) is 327 Å². The van der Waals surface area contributed by atoms with Crippen molar-refractivity contribution < 1.29 is 247 Å². The second-order valence-corrected chi connectivity index (χ2v) is 1.78. The Bertz CT molecular complexity index is 292. The van der Waals surface area contributed by atoms with Crippen LogP contribution in [0.3, 0.4) is 0 Å². The first-order chi connectivity index (χ1) is 7.93. The van der Waals surface area contributed by atoms with Crippen molar-refractivity contribution in [2.75, 3.05) is 0 Å². The minimum Gasteiger partial charge on any atom is -0.539 e. The number of rotatable bonds is 0. The first-order valence-corrected chi connectivity index (χ1v) is 3.26. The Hall–Kier alpha value is 2.14. The van der Waals surface area contributed by atoms with Crippen LogP contribution in [0.25, 0.3) is 0 Å². The van der Waals surface area contributed by atoms with E-state index in [9.17, 15) is 0 Å². The molecule has 0 spiro atoms. The third-order valence-corrected chi connectivity index (χ3v) is 0.524. The quantitative estimate of drug-likeness (QED) is 0.210. The monoisotopic (exact) mass is 490 g/mol. The van der Waals surface area contributed by atoms with E-state index in [0.717, 1.165) is 0 Å². The molecule has 0 unspecified atom stereocenters. The van der Waals surface area contributed by atoms with E-state index in [4.69, 9.17) is 59.4 Å². The van der Waals surface area contributed by atoms with E-state index in [-0.39, 0.29) is 188 Å². The van der Waals surface area contributed by atoms with Gasteiger partial charge in [0.2, 0.25) is 0 Å². The predicted octanol–water partition coefficient (Wildman–Crippen LogP) is -18.0. The van der Waals surface area contributed by atoms with Gasteiger partial charge in [-0.1, -0.05) is 0 Å². The molecule has 0 fully saturated rings. The second kappa shape index (κ2) is 40.7. The Labute approximate surface area is 276 Å². The Morgan fingerprint density at radius 1 is 0.480 bits per heavy atom. The Morgan fingerprint density at radius 2 is 0.520 bits per heavy atom. The van der Waals surface area contributed by atoms with Crippen molar-refractivity contribution in [2.45, 2.75) is 0 Å². The standard InChI is InChI=1S/3C2H2O4.Cr.3K.3H2O/c3*3-1(4)2(5)6;;;;;;;/h3*(H,3,4)(H,5,6);;;;;3*1H2/q;;;;3*+1;;;/p-3. The number of aliphatic carboxylic acids is 6. The van der Waals surface area contributed by atoms with Crippen molar-refractivity contribution in [3.05, 3.63) is 0 Å². The minimum absolute atomic E-state index is 0. The van der Waals surface area contributed by atoms with Crippen molar-refractivity contribution in [1.82, 2.24) is 0 Å². The summed E-state index contributed by atoms with van der Waals surface area (Å²) in [6.45, 7) is 0. The number of hydrogen-bond donors (Lipinski definition) is 3. The van der Waals surface area contributed by atoms with E-state index in [0.29, 0.717) is 0 Å². The van der Waals surface area contributed by atoms with Crippen molar-refractivity contribution in [3.63, 3.8) is 0 Å². The Morgan fingerprint density at radius 3 is 0.520 bits per heavy atom. The fourth-order valence-corrected chi connectivity index (χ4v) is 0. The molecule has 0 aliphatic carbocycles. The molecule has 15 nitrogen and oxygen atoms in total. The van der Waals surface area contributed by atoms with Crippen molar-refractivity contribution in [1.29, 1.82) is 0 Å². The summed E-state index contributed by atoms with van der Waals surface area (Å²) in [6, 6.07) is 0. The summed E-state index contributed by atoms with van der Waals surface area (Å²) in [5.74, 6) is -12.0. The zero-order chi connectivity index (χ0) is 15.5. The molecule has 0 aliphatic rings. The summed E-state index contributed by atoms with van der Waals surface area (Å²) in [5.41, 5.74) is 0. The predicted molar refractivity (Wildman–Crippen MR) is 48.8 cm³/mol. The smallest absolute Gasteiger partial charge is 0.539 e. The van der Waals surface area contributed by atoms with Gasteiger partial charge in [-0.3, -0.25) is 0 Å². The van der Waals surface area contributed by atoms with E-state index in [1.807, 2.05) is 0 Å². The van der Waals surface area contributed by atoms with Gasteiger partial charge in [0.1, 0.15) is 0 Å². The molecule has 0 rings (SSSR count). The number of hydrogen-bond acceptors (Lipinski definition) is 9. The molecule has 0 saturated heterocycles. The average molecular weight is 490 g/mol. The van der Waals surface area contributed by atoms with Crippen LogP contribution < -0.4 is 169 Å². The van der Waals surface area contributed by atoms with Crippen LogP contribution in [0.4, 0.5) is 0 Å². The number of carbonyl (C=O) groups is 6.